The van der Waals surface area contributed by atoms with E-state index in [-0.39, 0.29) is 11.2 Å². The number of ketones is 1. The number of hydrogen-bond donors (Lipinski definition) is 0. The Hall–Kier alpha value is -0.770. The number of rotatable bonds is 3. The lowest BCUT2D eigenvalue weighted by atomic mass is 9.89. The molecule has 1 heterocycles. The summed E-state index contributed by atoms with van der Waals surface area (Å²) in [5.41, 5.74) is 0.216. The van der Waals surface area contributed by atoms with Gasteiger partial charge < -0.3 is 0 Å². The van der Waals surface area contributed by atoms with E-state index >= 15 is 0 Å². The SMILES string of the molecule is CC(C)(C)CCC(=O)c1cnns1. The van der Waals surface area contributed by atoms with E-state index < -0.39 is 0 Å². The lowest BCUT2D eigenvalue weighted by Crippen LogP contribution is -2.08. The minimum absolute atomic E-state index is 0.157. The Morgan fingerprint density at radius 3 is 2.69 bits per heavy atom. The monoisotopic (exact) mass is 198 g/mol. The van der Waals surface area contributed by atoms with Gasteiger partial charge in [0.1, 0.15) is 4.88 Å². The molecule has 0 aliphatic heterocycles. The first-order valence-electron chi connectivity index (χ1n) is 4.29. The van der Waals surface area contributed by atoms with E-state index in [1.165, 1.54) is 17.7 Å². The number of carbonyl (C=O) groups excluding carboxylic acids is 1. The van der Waals surface area contributed by atoms with Gasteiger partial charge in [-0.25, -0.2) is 0 Å². The molecule has 72 valence electrons. The van der Waals surface area contributed by atoms with Gasteiger partial charge in [-0.3, -0.25) is 4.79 Å². The largest absolute Gasteiger partial charge is 0.293 e. The first-order valence-corrected chi connectivity index (χ1v) is 5.07. The first kappa shape index (κ1) is 10.3. The molecule has 1 aromatic rings. The molecule has 1 rings (SSSR count). The van der Waals surface area contributed by atoms with Crippen molar-refractivity contribution in [2.45, 2.75) is 33.6 Å². The Morgan fingerprint density at radius 1 is 1.54 bits per heavy atom. The minimum atomic E-state index is 0.157. The highest BCUT2D eigenvalue weighted by molar-refractivity contribution is 7.07. The molecule has 0 saturated carbocycles. The molecule has 0 atom stereocenters. The molecule has 0 aliphatic rings. The van der Waals surface area contributed by atoms with Crippen LogP contribution < -0.4 is 0 Å². The molecule has 0 unspecified atom stereocenters. The summed E-state index contributed by atoms with van der Waals surface area (Å²) in [6.07, 6.45) is 3.03. The number of Topliss-reactive ketones (excluding diaryl/α,β-unsaturated/α-hetero) is 1. The van der Waals surface area contributed by atoms with Crippen molar-refractivity contribution in [3.8, 4) is 0 Å². The number of carbonyl (C=O) groups is 1. The van der Waals surface area contributed by atoms with Crippen LogP contribution in [0.25, 0.3) is 0 Å². The average Bonchev–Trinajstić information content (AvgIpc) is 2.50. The van der Waals surface area contributed by atoms with E-state index in [2.05, 4.69) is 30.4 Å². The summed E-state index contributed by atoms with van der Waals surface area (Å²) in [4.78, 5) is 12.2. The Balaban J connectivity index is 2.44. The van der Waals surface area contributed by atoms with Crippen molar-refractivity contribution in [2.75, 3.05) is 0 Å². The Labute approximate surface area is 82.3 Å². The van der Waals surface area contributed by atoms with E-state index in [1.54, 1.807) is 0 Å². The van der Waals surface area contributed by atoms with Gasteiger partial charge in [0.2, 0.25) is 0 Å². The van der Waals surface area contributed by atoms with Gasteiger partial charge in [0.05, 0.1) is 6.20 Å². The van der Waals surface area contributed by atoms with Crippen LogP contribution in [0.2, 0.25) is 0 Å². The van der Waals surface area contributed by atoms with Gasteiger partial charge in [-0.1, -0.05) is 25.3 Å². The average molecular weight is 198 g/mol. The maximum absolute atomic E-state index is 11.5. The van der Waals surface area contributed by atoms with Crippen molar-refractivity contribution in [3.63, 3.8) is 0 Å². The van der Waals surface area contributed by atoms with Crippen LogP contribution in [0.1, 0.15) is 43.3 Å². The molecule has 0 radical (unpaired) electrons. The second-order valence-corrected chi connectivity index (χ2v) is 5.05. The van der Waals surface area contributed by atoms with E-state index in [4.69, 9.17) is 0 Å². The van der Waals surface area contributed by atoms with Crippen LogP contribution in [0.5, 0.6) is 0 Å². The molecule has 0 aliphatic carbocycles. The van der Waals surface area contributed by atoms with Crippen LogP contribution in [-0.4, -0.2) is 15.4 Å². The number of nitrogens with zero attached hydrogens (tertiary/aromatic N) is 2. The van der Waals surface area contributed by atoms with Gasteiger partial charge in [-0.05, 0) is 23.4 Å². The van der Waals surface area contributed by atoms with Crippen molar-refractivity contribution >= 4 is 17.3 Å². The fraction of sp³-hybridized carbons (Fsp3) is 0.667. The van der Waals surface area contributed by atoms with Crippen LogP contribution >= 0.6 is 11.5 Å². The number of aromatic nitrogens is 2. The van der Waals surface area contributed by atoms with Crippen molar-refractivity contribution in [1.29, 1.82) is 0 Å². The molecule has 4 heteroatoms. The van der Waals surface area contributed by atoms with Gasteiger partial charge in [-0.15, -0.1) is 5.10 Å². The van der Waals surface area contributed by atoms with Gasteiger partial charge in [0, 0.05) is 6.42 Å². The zero-order valence-corrected chi connectivity index (χ0v) is 9.02. The molecule has 3 nitrogen and oxygen atoms in total. The van der Waals surface area contributed by atoms with Crippen molar-refractivity contribution < 1.29 is 4.79 Å². The zero-order valence-electron chi connectivity index (χ0n) is 8.20. The third kappa shape index (κ3) is 3.63. The Morgan fingerprint density at radius 2 is 2.23 bits per heavy atom. The minimum Gasteiger partial charge on any atom is -0.293 e. The predicted octanol–water partition coefficient (Wildman–Crippen LogP) is 2.55. The second-order valence-electron chi connectivity index (χ2n) is 4.27. The molecule has 13 heavy (non-hydrogen) atoms. The van der Waals surface area contributed by atoms with Crippen LogP contribution in [-0.2, 0) is 0 Å². The van der Waals surface area contributed by atoms with E-state index in [1.807, 2.05) is 0 Å². The van der Waals surface area contributed by atoms with E-state index in [0.29, 0.717) is 11.3 Å². The fourth-order valence-electron chi connectivity index (χ4n) is 0.902. The first-order chi connectivity index (χ1) is 5.99. The van der Waals surface area contributed by atoms with Crippen molar-refractivity contribution in [1.82, 2.24) is 9.59 Å². The highest BCUT2D eigenvalue weighted by Crippen LogP contribution is 2.22. The van der Waals surface area contributed by atoms with Crippen LogP contribution in [0.3, 0.4) is 0 Å². The standard InChI is InChI=1S/C9H14N2OS/c1-9(2,3)5-4-7(12)8-6-10-11-13-8/h6H,4-5H2,1-3H3. The fourth-order valence-corrected chi connectivity index (χ4v) is 1.38. The topological polar surface area (TPSA) is 42.9 Å². The predicted molar refractivity (Wildman–Crippen MR) is 52.9 cm³/mol. The summed E-state index contributed by atoms with van der Waals surface area (Å²) >= 11 is 1.17. The lowest BCUT2D eigenvalue weighted by molar-refractivity contribution is 0.0969. The maximum atomic E-state index is 11.5. The highest BCUT2D eigenvalue weighted by Gasteiger charge is 2.15. The Bertz CT molecular complexity index is 274. The van der Waals surface area contributed by atoms with E-state index in [9.17, 15) is 4.79 Å². The molecule has 1 aromatic heterocycles. The molecule has 0 spiro atoms. The molecular formula is C9H14N2OS. The van der Waals surface area contributed by atoms with Gasteiger partial charge >= 0.3 is 0 Å². The molecule has 0 fully saturated rings. The van der Waals surface area contributed by atoms with Gasteiger partial charge in [0.15, 0.2) is 5.78 Å². The summed E-state index contributed by atoms with van der Waals surface area (Å²) in [7, 11) is 0. The smallest absolute Gasteiger partial charge is 0.176 e. The van der Waals surface area contributed by atoms with Crippen molar-refractivity contribution in [3.05, 3.63) is 11.1 Å². The lowest BCUT2D eigenvalue weighted by Gasteiger charge is -2.16. The van der Waals surface area contributed by atoms with E-state index in [0.717, 1.165) is 6.42 Å². The van der Waals surface area contributed by atoms with Crippen LogP contribution in [0.4, 0.5) is 0 Å². The summed E-state index contributed by atoms with van der Waals surface area (Å²) in [6, 6.07) is 0. The summed E-state index contributed by atoms with van der Waals surface area (Å²) in [5, 5.41) is 3.64. The summed E-state index contributed by atoms with van der Waals surface area (Å²) in [5.74, 6) is 0.157. The highest BCUT2D eigenvalue weighted by atomic mass is 32.1. The zero-order chi connectivity index (χ0) is 9.90. The second kappa shape index (κ2) is 3.96. The maximum Gasteiger partial charge on any atom is 0.176 e. The third-order valence-corrected chi connectivity index (χ3v) is 2.44. The molecule has 0 saturated heterocycles. The molecule has 0 bridgehead atoms. The van der Waals surface area contributed by atoms with Crippen LogP contribution in [0.15, 0.2) is 6.20 Å². The third-order valence-electron chi connectivity index (χ3n) is 1.74. The molecule has 0 amide bonds. The van der Waals surface area contributed by atoms with Crippen molar-refractivity contribution in [2.24, 2.45) is 5.41 Å². The Kier molecular flexibility index (Phi) is 3.14. The summed E-state index contributed by atoms with van der Waals surface area (Å²) in [6.45, 7) is 6.39. The molecule has 0 aromatic carbocycles. The quantitative estimate of drug-likeness (QED) is 0.701. The van der Waals surface area contributed by atoms with Gasteiger partial charge in [0.25, 0.3) is 0 Å². The molecular weight excluding hydrogens is 184 g/mol. The van der Waals surface area contributed by atoms with Gasteiger partial charge in [-0.2, -0.15) is 0 Å². The number of hydrogen-bond acceptors (Lipinski definition) is 4. The summed E-state index contributed by atoms with van der Waals surface area (Å²) < 4.78 is 3.66. The van der Waals surface area contributed by atoms with Crippen LogP contribution in [0, 0.1) is 5.41 Å². The molecule has 0 N–H and O–H groups in total. The normalized spacial score (nSPS) is 11.6.